The Labute approximate surface area is 213 Å². The second-order valence-corrected chi connectivity index (χ2v) is 8.37. The number of oxime groups is 2. The largest absolute Gasteiger partial charge is 0.451 e. The maximum atomic E-state index is 13.6. The van der Waals surface area contributed by atoms with Crippen LogP contribution in [0, 0.1) is 18.3 Å². The van der Waals surface area contributed by atoms with Crippen LogP contribution in [0.3, 0.4) is 0 Å². The third-order valence-corrected chi connectivity index (χ3v) is 5.03. The number of likely N-dealkylation sites (N-methyl/N-ethyl adjacent to an activating group) is 1. The molecular formula is C22H20ClF2IN4O4. The van der Waals surface area contributed by atoms with Gasteiger partial charge in [-0.3, -0.25) is 4.79 Å². The lowest BCUT2D eigenvalue weighted by molar-refractivity contribution is -0.114. The maximum absolute atomic E-state index is 13.6. The van der Waals surface area contributed by atoms with Crippen molar-refractivity contribution in [3.8, 4) is 11.8 Å². The van der Waals surface area contributed by atoms with Crippen LogP contribution in [0.15, 0.2) is 40.6 Å². The summed E-state index contributed by atoms with van der Waals surface area (Å²) in [5.74, 6) is -0.858. The fourth-order valence-electron chi connectivity index (χ4n) is 3.00. The number of amides is 1. The molecule has 34 heavy (non-hydrogen) atoms. The zero-order chi connectivity index (χ0) is 25.5. The molecular weight excluding hydrogens is 585 g/mol. The molecule has 0 radical (unpaired) electrons. The first-order valence-corrected chi connectivity index (χ1v) is 11.1. The smallest absolute Gasteiger partial charge is 0.422 e. The minimum absolute atomic E-state index is 0.0237. The first kappa shape index (κ1) is 27.3. The minimum atomic E-state index is -3.57. The lowest BCUT2D eigenvalue weighted by Crippen LogP contribution is -2.29. The molecule has 8 nitrogen and oxygen atoms in total. The zero-order valence-corrected chi connectivity index (χ0v) is 21.5. The fraction of sp³-hybridized carbons (Fsp3) is 0.273. The Morgan fingerprint density at radius 3 is 2.59 bits per heavy atom. The highest BCUT2D eigenvalue weighted by atomic mass is 127. The number of carbonyl (C=O) groups excluding carboxylic acids is 1. The van der Waals surface area contributed by atoms with E-state index in [1.165, 1.54) is 33.2 Å². The molecule has 0 saturated carbocycles. The number of rotatable bonds is 9. The van der Waals surface area contributed by atoms with Gasteiger partial charge in [-0.15, -0.1) is 0 Å². The van der Waals surface area contributed by atoms with Crippen molar-refractivity contribution < 1.29 is 28.0 Å². The predicted molar refractivity (Wildman–Crippen MR) is 132 cm³/mol. The molecule has 0 heterocycles. The summed E-state index contributed by atoms with van der Waals surface area (Å²) in [6.07, 6.45) is 0. The summed E-state index contributed by atoms with van der Waals surface area (Å²) in [5, 5.41) is 19.6. The van der Waals surface area contributed by atoms with Gasteiger partial charge >= 0.3 is 4.12 Å². The van der Waals surface area contributed by atoms with Crippen molar-refractivity contribution >= 4 is 51.5 Å². The van der Waals surface area contributed by atoms with E-state index < -0.39 is 15.8 Å². The van der Waals surface area contributed by atoms with E-state index in [2.05, 4.69) is 20.4 Å². The molecule has 1 amide bonds. The van der Waals surface area contributed by atoms with E-state index in [1.54, 1.807) is 12.1 Å². The quantitative estimate of drug-likeness (QED) is 0.189. The first-order valence-electron chi connectivity index (χ1n) is 9.61. The number of benzene rings is 2. The van der Waals surface area contributed by atoms with E-state index in [0.717, 1.165) is 28.2 Å². The molecule has 1 N–H and O–H groups in total. The van der Waals surface area contributed by atoms with Crippen molar-refractivity contribution in [3.63, 3.8) is 0 Å². The highest BCUT2D eigenvalue weighted by Crippen LogP contribution is 2.37. The highest BCUT2D eigenvalue weighted by Gasteiger charge is 2.30. The molecule has 0 bridgehead atoms. The van der Waals surface area contributed by atoms with Gasteiger partial charge in [0.1, 0.15) is 13.7 Å². The summed E-state index contributed by atoms with van der Waals surface area (Å²) in [7, 11) is 2.78. The molecule has 0 aliphatic rings. The number of hydrogen-bond donors (Lipinski definition) is 1. The zero-order valence-electron chi connectivity index (χ0n) is 18.6. The second kappa shape index (κ2) is 11.9. The molecule has 180 valence electrons. The van der Waals surface area contributed by atoms with Gasteiger partial charge in [-0.2, -0.15) is 14.0 Å². The summed E-state index contributed by atoms with van der Waals surface area (Å²) in [4.78, 5) is 22.6. The van der Waals surface area contributed by atoms with Crippen molar-refractivity contribution in [3.05, 3.63) is 63.2 Å². The molecule has 0 fully saturated rings. The van der Waals surface area contributed by atoms with Gasteiger partial charge in [-0.1, -0.05) is 40.1 Å². The lowest BCUT2D eigenvalue weighted by Gasteiger charge is -2.17. The van der Waals surface area contributed by atoms with Crippen LogP contribution in [-0.4, -0.2) is 35.6 Å². The number of carbonyl (C=O) groups is 1. The molecule has 0 aliphatic heterocycles. The number of nitriles is 1. The molecule has 0 atom stereocenters. The number of aryl methyl sites for hydroxylation is 1. The van der Waals surface area contributed by atoms with Crippen molar-refractivity contribution in [2.75, 3.05) is 14.2 Å². The summed E-state index contributed by atoms with van der Waals surface area (Å²) in [6, 6.07) is 9.79. The molecule has 2 aromatic carbocycles. The summed E-state index contributed by atoms with van der Waals surface area (Å²) >= 11 is 6.86. The topological polar surface area (TPSA) is 105 Å². The van der Waals surface area contributed by atoms with Gasteiger partial charge in [0.05, 0.1) is 50.5 Å². The van der Waals surface area contributed by atoms with Gasteiger partial charge in [-0.25, -0.2) is 0 Å². The van der Waals surface area contributed by atoms with Crippen molar-refractivity contribution in [1.82, 2.24) is 5.32 Å². The Morgan fingerprint density at radius 1 is 1.29 bits per heavy atom. The molecule has 0 saturated heterocycles. The van der Waals surface area contributed by atoms with Crippen LogP contribution in [0.5, 0.6) is 5.75 Å². The Hall–Kier alpha value is -2.98. The second-order valence-electron chi connectivity index (χ2n) is 6.71. The van der Waals surface area contributed by atoms with Crippen molar-refractivity contribution in [2.24, 2.45) is 10.3 Å². The number of hydrogen-bond acceptors (Lipinski definition) is 7. The van der Waals surface area contributed by atoms with Gasteiger partial charge in [0.25, 0.3) is 5.91 Å². The van der Waals surface area contributed by atoms with Crippen LogP contribution in [-0.2, 0) is 21.1 Å². The normalized spacial score (nSPS) is 12.1. The number of nitrogens with one attached hydrogen (secondary N) is 1. The number of alkyl halides is 3. The van der Waals surface area contributed by atoms with E-state index in [9.17, 15) is 18.8 Å². The fourth-order valence-corrected chi connectivity index (χ4v) is 3.42. The van der Waals surface area contributed by atoms with Crippen LogP contribution in [0.25, 0.3) is 0 Å². The Bertz CT molecular complexity index is 1180. The summed E-state index contributed by atoms with van der Waals surface area (Å²) in [6.45, 7) is 3.18. The van der Waals surface area contributed by atoms with E-state index in [1.807, 2.05) is 19.1 Å². The lowest BCUT2D eigenvalue weighted by atomic mass is 9.98. The summed E-state index contributed by atoms with van der Waals surface area (Å²) < 4.78 is 28.2. The molecule has 2 rings (SSSR count). The van der Waals surface area contributed by atoms with Crippen molar-refractivity contribution in [1.29, 1.82) is 5.26 Å². The van der Waals surface area contributed by atoms with Crippen LogP contribution in [0.1, 0.15) is 34.7 Å². The van der Waals surface area contributed by atoms with Gasteiger partial charge in [0, 0.05) is 18.2 Å². The Morgan fingerprint density at radius 2 is 2.00 bits per heavy atom. The highest BCUT2D eigenvalue weighted by molar-refractivity contribution is 14.1. The maximum Gasteiger partial charge on any atom is 0.451 e. The number of nitrogens with zero attached hydrogens (tertiary/aromatic N) is 3. The van der Waals surface area contributed by atoms with Gasteiger partial charge in [0.15, 0.2) is 11.5 Å². The van der Waals surface area contributed by atoms with Gasteiger partial charge in [0.2, 0.25) is 0 Å². The summed E-state index contributed by atoms with van der Waals surface area (Å²) in [5.41, 5.74) is 1.96. The molecule has 2 aromatic rings. The van der Waals surface area contributed by atoms with E-state index in [4.69, 9.17) is 21.3 Å². The predicted octanol–water partition coefficient (Wildman–Crippen LogP) is 4.92. The van der Waals surface area contributed by atoms with E-state index >= 15 is 0 Å². The van der Waals surface area contributed by atoms with Gasteiger partial charge in [-0.05, 0) is 31.5 Å². The Kier molecular flexibility index (Phi) is 9.57. The molecule has 0 aromatic heterocycles. The number of ether oxygens (including phenoxy) is 1. The molecule has 0 spiro atoms. The van der Waals surface area contributed by atoms with E-state index in [0.29, 0.717) is 11.1 Å². The van der Waals surface area contributed by atoms with E-state index in [-0.39, 0.29) is 34.2 Å². The van der Waals surface area contributed by atoms with Gasteiger partial charge < -0.3 is 19.7 Å². The molecule has 12 heteroatoms. The monoisotopic (exact) mass is 604 g/mol. The SMILES string of the molecule is CNC(=O)/C(=N/OC)c1cccc(C)c1CO/N=C(\C)c1c(C#N)ccc(Cl)c1OC(F)(F)I. The van der Waals surface area contributed by atoms with Crippen LogP contribution < -0.4 is 10.1 Å². The standard InChI is InChI=1S/C22H20ClF2IN4O4/c1-12-6-5-7-15(19(30-32-4)21(31)28-3)16(12)11-33-29-13(2)18-14(10-27)8-9-17(23)20(18)34-22(24,25)26/h5-9H,11H2,1-4H3,(H,28,31)/b29-13+,30-19+. The minimum Gasteiger partial charge on any atom is -0.422 e. The average molecular weight is 605 g/mol. The Balaban J connectivity index is 2.45. The van der Waals surface area contributed by atoms with Crippen molar-refractivity contribution in [2.45, 2.75) is 24.6 Å². The van der Waals surface area contributed by atoms with Crippen LogP contribution >= 0.6 is 34.2 Å². The average Bonchev–Trinajstić information content (AvgIpc) is 2.78. The first-order chi connectivity index (χ1) is 16.0. The third-order valence-electron chi connectivity index (χ3n) is 4.51. The molecule has 0 unspecified atom stereocenters. The van der Waals surface area contributed by atoms with Crippen LogP contribution in [0.4, 0.5) is 8.78 Å². The third kappa shape index (κ3) is 6.77. The van der Waals surface area contributed by atoms with Crippen LogP contribution in [0.2, 0.25) is 5.02 Å². The molecule has 0 aliphatic carbocycles. The number of halogens is 4.